The fourth-order valence-corrected chi connectivity index (χ4v) is 2.02. The maximum Gasteiger partial charge on any atom is 0.165 e. The maximum absolute atomic E-state index is 13.4. The zero-order valence-electron chi connectivity index (χ0n) is 10.9. The van der Waals surface area contributed by atoms with Crippen LogP contribution in [0.15, 0.2) is 36.7 Å². The van der Waals surface area contributed by atoms with E-state index in [1.807, 2.05) is 7.05 Å². The van der Waals surface area contributed by atoms with E-state index in [2.05, 4.69) is 10.3 Å². The van der Waals surface area contributed by atoms with Crippen LogP contribution in [0.2, 0.25) is 0 Å². The number of halogens is 1. The first-order valence-corrected chi connectivity index (χ1v) is 5.87. The molecular weight excluding hydrogens is 245 g/mol. The lowest BCUT2D eigenvalue weighted by Gasteiger charge is -2.19. The molecule has 3 N–H and O–H groups in total. The topological polar surface area (TPSA) is 60.2 Å². The molecule has 0 spiro atoms. The lowest BCUT2D eigenvalue weighted by Crippen LogP contribution is -2.19. The summed E-state index contributed by atoms with van der Waals surface area (Å²) in [7, 11) is 3.25. The van der Waals surface area contributed by atoms with Crippen molar-refractivity contribution in [2.75, 3.05) is 19.9 Å². The van der Waals surface area contributed by atoms with Gasteiger partial charge in [-0.15, -0.1) is 0 Å². The zero-order chi connectivity index (χ0) is 13.8. The van der Waals surface area contributed by atoms with E-state index in [-0.39, 0.29) is 17.6 Å². The molecule has 0 aliphatic heterocycles. The van der Waals surface area contributed by atoms with Gasteiger partial charge in [0.15, 0.2) is 11.6 Å². The number of hydrogen-bond acceptors (Lipinski definition) is 4. The molecule has 0 amide bonds. The monoisotopic (exact) mass is 261 g/mol. The first-order chi connectivity index (χ1) is 9.17. The smallest absolute Gasteiger partial charge is 0.165 e. The molecule has 1 atom stereocenters. The Kier molecular flexibility index (Phi) is 3.97. The molecule has 0 saturated heterocycles. The number of nitrogens with zero attached hydrogens (tertiary/aromatic N) is 1. The van der Waals surface area contributed by atoms with Gasteiger partial charge in [0.05, 0.1) is 13.2 Å². The van der Waals surface area contributed by atoms with Crippen molar-refractivity contribution >= 4 is 5.69 Å². The summed E-state index contributed by atoms with van der Waals surface area (Å²) >= 11 is 0. The Morgan fingerprint density at radius 1 is 1.37 bits per heavy atom. The molecule has 0 aliphatic carbocycles. The van der Waals surface area contributed by atoms with Crippen molar-refractivity contribution in [1.82, 2.24) is 10.3 Å². The van der Waals surface area contributed by atoms with Gasteiger partial charge in [0.25, 0.3) is 0 Å². The third-order valence-electron chi connectivity index (χ3n) is 3.00. The standard InChI is InChI=1S/C14H16FN3O/c1-17-14(10-8-18-6-5-12(10)16)9-3-4-11(15)13(7-9)19-2/h3-8,14,17H,1-2H3,(H2,16,18). The Bertz CT molecular complexity index is 574. The van der Waals surface area contributed by atoms with Crippen molar-refractivity contribution in [3.8, 4) is 5.75 Å². The number of nitrogens with one attached hydrogen (secondary N) is 1. The fourth-order valence-electron chi connectivity index (χ4n) is 2.02. The van der Waals surface area contributed by atoms with Gasteiger partial charge >= 0.3 is 0 Å². The number of benzene rings is 1. The number of pyridine rings is 1. The largest absolute Gasteiger partial charge is 0.494 e. The highest BCUT2D eigenvalue weighted by atomic mass is 19.1. The van der Waals surface area contributed by atoms with Gasteiger partial charge in [0.2, 0.25) is 0 Å². The minimum Gasteiger partial charge on any atom is -0.494 e. The summed E-state index contributed by atoms with van der Waals surface area (Å²) in [6.45, 7) is 0. The minimum atomic E-state index is -0.389. The molecule has 4 nitrogen and oxygen atoms in total. The highest BCUT2D eigenvalue weighted by Gasteiger charge is 2.16. The molecule has 1 unspecified atom stereocenters. The molecule has 2 rings (SSSR count). The Balaban J connectivity index is 2.45. The van der Waals surface area contributed by atoms with E-state index in [1.54, 1.807) is 30.6 Å². The zero-order valence-corrected chi connectivity index (χ0v) is 10.9. The first kappa shape index (κ1) is 13.3. The molecule has 1 aromatic carbocycles. The maximum atomic E-state index is 13.4. The quantitative estimate of drug-likeness (QED) is 0.885. The van der Waals surface area contributed by atoms with E-state index in [1.165, 1.54) is 13.2 Å². The summed E-state index contributed by atoms with van der Waals surface area (Å²) < 4.78 is 18.4. The lowest BCUT2D eigenvalue weighted by molar-refractivity contribution is 0.385. The van der Waals surface area contributed by atoms with Gasteiger partial charge in [-0.3, -0.25) is 4.98 Å². The summed E-state index contributed by atoms with van der Waals surface area (Å²) in [5, 5.41) is 3.15. The molecule has 2 aromatic rings. The van der Waals surface area contributed by atoms with Crippen LogP contribution in [0, 0.1) is 5.82 Å². The van der Waals surface area contributed by atoms with E-state index in [9.17, 15) is 4.39 Å². The van der Waals surface area contributed by atoms with Crippen molar-refractivity contribution < 1.29 is 9.13 Å². The van der Waals surface area contributed by atoms with E-state index in [4.69, 9.17) is 10.5 Å². The summed E-state index contributed by atoms with van der Waals surface area (Å²) in [6.07, 6.45) is 3.34. The molecule has 0 aliphatic rings. The average molecular weight is 261 g/mol. The number of anilines is 1. The molecule has 100 valence electrons. The van der Waals surface area contributed by atoms with Crippen molar-refractivity contribution in [2.24, 2.45) is 0 Å². The number of nitrogens with two attached hydrogens (primary N) is 1. The molecule has 0 radical (unpaired) electrons. The average Bonchev–Trinajstić information content (AvgIpc) is 2.43. The predicted octanol–water partition coefficient (Wildman–Crippen LogP) is 2.12. The number of ether oxygens (including phenoxy) is 1. The number of hydrogen-bond donors (Lipinski definition) is 2. The number of aromatic nitrogens is 1. The Hall–Kier alpha value is -2.14. The Morgan fingerprint density at radius 2 is 2.16 bits per heavy atom. The molecule has 0 saturated carbocycles. The van der Waals surface area contributed by atoms with Gasteiger partial charge in [0.1, 0.15) is 0 Å². The van der Waals surface area contributed by atoms with Crippen LogP contribution in [0.3, 0.4) is 0 Å². The van der Waals surface area contributed by atoms with Crippen LogP contribution in [0.1, 0.15) is 17.2 Å². The molecule has 5 heteroatoms. The van der Waals surface area contributed by atoms with E-state index in [0.717, 1.165) is 11.1 Å². The number of rotatable bonds is 4. The highest BCUT2D eigenvalue weighted by Crippen LogP contribution is 2.29. The van der Waals surface area contributed by atoms with E-state index < -0.39 is 0 Å². The molecule has 1 aromatic heterocycles. The SMILES string of the molecule is CNC(c1ccc(F)c(OC)c1)c1cnccc1N. The molecule has 1 heterocycles. The summed E-state index contributed by atoms with van der Waals surface area (Å²) in [6, 6.07) is 6.31. The second kappa shape index (κ2) is 5.67. The van der Waals surface area contributed by atoms with Crippen LogP contribution in [0.4, 0.5) is 10.1 Å². The predicted molar refractivity (Wildman–Crippen MR) is 72.5 cm³/mol. The van der Waals surface area contributed by atoms with Crippen molar-refractivity contribution in [2.45, 2.75) is 6.04 Å². The molecular formula is C14H16FN3O. The van der Waals surface area contributed by atoms with E-state index in [0.29, 0.717) is 5.69 Å². The molecule has 19 heavy (non-hydrogen) atoms. The van der Waals surface area contributed by atoms with Gasteiger partial charge in [-0.05, 0) is 30.8 Å². The third-order valence-corrected chi connectivity index (χ3v) is 3.00. The lowest BCUT2D eigenvalue weighted by atomic mass is 9.99. The fraction of sp³-hybridized carbons (Fsp3) is 0.214. The van der Waals surface area contributed by atoms with Gasteiger partial charge in [-0.2, -0.15) is 0 Å². The third kappa shape index (κ3) is 2.66. The summed E-state index contributed by atoms with van der Waals surface area (Å²) in [4.78, 5) is 4.07. The van der Waals surface area contributed by atoms with Crippen molar-refractivity contribution in [3.05, 3.63) is 53.6 Å². The van der Waals surface area contributed by atoms with Crippen LogP contribution in [-0.2, 0) is 0 Å². The number of nitrogen functional groups attached to an aromatic ring is 1. The number of methoxy groups -OCH3 is 1. The Morgan fingerprint density at radius 3 is 2.79 bits per heavy atom. The minimum absolute atomic E-state index is 0.164. The van der Waals surface area contributed by atoms with Crippen molar-refractivity contribution in [1.29, 1.82) is 0 Å². The second-order valence-corrected chi connectivity index (χ2v) is 4.12. The van der Waals surface area contributed by atoms with E-state index >= 15 is 0 Å². The van der Waals surface area contributed by atoms with Crippen LogP contribution >= 0.6 is 0 Å². The van der Waals surface area contributed by atoms with Crippen LogP contribution < -0.4 is 15.8 Å². The van der Waals surface area contributed by atoms with Gasteiger partial charge < -0.3 is 15.8 Å². The van der Waals surface area contributed by atoms with Crippen LogP contribution in [-0.4, -0.2) is 19.1 Å². The first-order valence-electron chi connectivity index (χ1n) is 5.87. The van der Waals surface area contributed by atoms with Gasteiger partial charge in [0, 0.05) is 23.6 Å². The van der Waals surface area contributed by atoms with Crippen molar-refractivity contribution in [3.63, 3.8) is 0 Å². The van der Waals surface area contributed by atoms with Gasteiger partial charge in [-0.25, -0.2) is 4.39 Å². The highest BCUT2D eigenvalue weighted by molar-refractivity contribution is 5.50. The van der Waals surface area contributed by atoms with Gasteiger partial charge in [-0.1, -0.05) is 6.07 Å². The summed E-state index contributed by atoms with van der Waals surface area (Å²) in [5.74, 6) is -0.180. The van der Waals surface area contributed by atoms with Crippen LogP contribution in [0.25, 0.3) is 0 Å². The second-order valence-electron chi connectivity index (χ2n) is 4.12. The van der Waals surface area contributed by atoms with Crippen LogP contribution in [0.5, 0.6) is 5.75 Å². The molecule has 0 bridgehead atoms. The molecule has 0 fully saturated rings. The Labute approximate surface area is 111 Å². The summed E-state index contributed by atoms with van der Waals surface area (Å²) in [5.41, 5.74) is 8.29. The normalized spacial score (nSPS) is 12.2.